The van der Waals surface area contributed by atoms with Crippen molar-refractivity contribution in [2.24, 2.45) is 29.4 Å². The molecule has 0 saturated heterocycles. The zero-order valence-electron chi connectivity index (χ0n) is 15.1. The van der Waals surface area contributed by atoms with Crippen molar-refractivity contribution in [2.45, 2.75) is 63.5 Å². The predicted molar refractivity (Wildman–Crippen MR) is 96.8 cm³/mol. The van der Waals surface area contributed by atoms with Crippen LogP contribution in [0, 0.1) is 23.7 Å². The molecule has 4 aliphatic carbocycles. The molecule has 0 unspecified atom stereocenters. The molecular weight excluding hydrogens is 356 g/mol. The molecule has 26 heavy (non-hydrogen) atoms. The number of amides is 1. The summed E-state index contributed by atoms with van der Waals surface area (Å²) in [4.78, 5) is 40.9. The largest absolute Gasteiger partial charge is 0.449 e. The number of primary amides is 1. The molecule has 1 amide bonds. The van der Waals surface area contributed by atoms with Crippen molar-refractivity contribution in [1.29, 1.82) is 0 Å². The van der Waals surface area contributed by atoms with Gasteiger partial charge in [-0.2, -0.15) is 12.6 Å². The van der Waals surface area contributed by atoms with Crippen LogP contribution in [0.5, 0.6) is 0 Å². The fourth-order valence-electron chi connectivity index (χ4n) is 5.15. The number of thiol groups is 1. The van der Waals surface area contributed by atoms with Crippen LogP contribution >= 0.6 is 12.6 Å². The molecule has 4 fully saturated rings. The first-order valence-corrected chi connectivity index (χ1v) is 10.0. The van der Waals surface area contributed by atoms with E-state index in [9.17, 15) is 14.4 Å². The summed E-state index contributed by atoms with van der Waals surface area (Å²) in [6, 6.07) is 0. The third-order valence-electron chi connectivity index (χ3n) is 5.99. The number of carbonyl (C=O) groups excluding carboxylic acids is 3. The van der Waals surface area contributed by atoms with E-state index < -0.39 is 36.3 Å². The number of carbonyl (C=O) groups is 3. The number of ether oxygens (including phenoxy) is 1. The number of rotatable bonds is 8. The quantitative estimate of drug-likeness (QED) is 0.331. The first-order chi connectivity index (χ1) is 12.3. The number of hydroxylamine groups is 1. The van der Waals surface area contributed by atoms with E-state index in [1.807, 2.05) is 0 Å². The van der Waals surface area contributed by atoms with Gasteiger partial charge in [-0.25, -0.2) is 4.79 Å². The van der Waals surface area contributed by atoms with Crippen LogP contribution in [0.4, 0.5) is 0 Å². The summed E-state index contributed by atoms with van der Waals surface area (Å²) >= 11 is 4.04. The summed E-state index contributed by atoms with van der Waals surface area (Å²) in [5.74, 6) is -0.223. The molecule has 8 heteroatoms. The average molecular weight is 384 g/mol. The van der Waals surface area contributed by atoms with Crippen molar-refractivity contribution in [3.63, 3.8) is 0 Å². The van der Waals surface area contributed by atoms with Gasteiger partial charge >= 0.3 is 11.9 Å². The zero-order chi connectivity index (χ0) is 18.9. The summed E-state index contributed by atoms with van der Waals surface area (Å²) in [7, 11) is 0. The van der Waals surface area contributed by atoms with Crippen molar-refractivity contribution in [2.75, 3.05) is 5.75 Å². The fourth-order valence-corrected chi connectivity index (χ4v) is 5.30. The molecule has 3 N–H and O–H groups in total. The van der Waals surface area contributed by atoms with Crippen molar-refractivity contribution in [3.8, 4) is 0 Å². The molecule has 0 aromatic rings. The van der Waals surface area contributed by atoms with Crippen LogP contribution in [-0.2, 0) is 24.0 Å². The molecule has 7 nitrogen and oxygen atoms in total. The lowest BCUT2D eigenvalue weighted by atomic mass is 9.53. The standard InChI is InChI=1S/C18H28N2O5S/c1-10(9-26)16(22)24-14(5-15(19)21)17(23)25-20-18-6-11-2-12(7-18)4-13(3-11)8-18/h10-14,20,26H,2-9H2,1H3,(H2,19,21)/t10-,11?,12?,13?,14+,18?/m1/s1. The Kier molecular flexibility index (Phi) is 5.81. The molecule has 0 heterocycles. The van der Waals surface area contributed by atoms with E-state index in [0.29, 0.717) is 17.8 Å². The predicted octanol–water partition coefficient (Wildman–Crippen LogP) is 1.36. The first-order valence-electron chi connectivity index (χ1n) is 9.37. The summed E-state index contributed by atoms with van der Waals surface area (Å²) < 4.78 is 5.14. The van der Waals surface area contributed by atoms with Gasteiger partial charge in [0.25, 0.3) is 0 Å². The van der Waals surface area contributed by atoms with Gasteiger partial charge in [-0.3, -0.25) is 9.59 Å². The van der Waals surface area contributed by atoms with Gasteiger partial charge in [-0.1, -0.05) is 6.92 Å². The Morgan fingerprint density at radius 3 is 2.12 bits per heavy atom. The highest BCUT2D eigenvalue weighted by atomic mass is 32.1. The number of nitrogens with one attached hydrogen (secondary N) is 1. The molecule has 0 aromatic heterocycles. The van der Waals surface area contributed by atoms with Crippen LogP contribution in [0.2, 0.25) is 0 Å². The van der Waals surface area contributed by atoms with Crippen LogP contribution in [0.25, 0.3) is 0 Å². The van der Waals surface area contributed by atoms with Crippen molar-refractivity contribution in [3.05, 3.63) is 0 Å². The highest BCUT2D eigenvalue weighted by Gasteiger charge is 2.51. The van der Waals surface area contributed by atoms with Gasteiger partial charge in [-0.15, -0.1) is 5.48 Å². The molecule has 4 rings (SSSR count). The van der Waals surface area contributed by atoms with E-state index in [0.717, 1.165) is 19.3 Å². The Hall–Kier alpha value is -1.28. The van der Waals surface area contributed by atoms with Gasteiger partial charge in [0, 0.05) is 5.75 Å². The number of hydrogen-bond donors (Lipinski definition) is 3. The Morgan fingerprint density at radius 2 is 1.65 bits per heavy atom. The summed E-state index contributed by atoms with van der Waals surface area (Å²) in [6.45, 7) is 1.63. The summed E-state index contributed by atoms with van der Waals surface area (Å²) in [6.07, 6.45) is 5.11. The normalized spacial score (nSPS) is 34.2. The van der Waals surface area contributed by atoms with Crippen LogP contribution in [0.3, 0.4) is 0 Å². The van der Waals surface area contributed by atoms with E-state index in [-0.39, 0.29) is 11.3 Å². The minimum Gasteiger partial charge on any atom is -0.449 e. The minimum absolute atomic E-state index is 0.177. The second-order valence-electron chi connectivity index (χ2n) is 8.40. The maximum absolute atomic E-state index is 12.4. The molecule has 4 bridgehead atoms. The SMILES string of the molecule is C[C@H](CS)C(=O)O[C@@H](CC(N)=O)C(=O)ONC12CC3CC(CC(C3)C1)C2. The van der Waals surface area contributed by atoms with Gasteiger partial charge in [0.1, 0.15) is 0 Å². The molecule has 4 saturated carbocycles. The lowest BCUT2D eigenvalue weighted by molar-refractivity contribution is -0.184. The Morgan fingerprint density at radius 1 is 1.12 bits per heavy atom. The number of hydrogen-bond acceptors (Lipinski definition) is 7. The van der Waals surface area contributed by atoms with Gasteiger partial charge < -0.3 is 15.3 Å². The fraction of sp³-hybridized carbons (Fsp3) is 0.833. The number of esters is 1. The maximum Gasteiger partial charge on any atom is 0.366 e. The molecular formula is C18H28N2O5S. The van der Waals surface area contributed by atoms with Crippen LogP contribution in [-0.4, -0.2) is 35.2 Å². The highest BCUT2D eigenvalue weighted by Crippen LogP contribution is 2.55. The lowest BCUT2D eigenvalue weighted by Crippen LogP contribution is -2.59. The Labute approximate surface area is 159 Å². The van der Waals surface area contributed by atoms with E-state index >= 15 is 0 Å². The highest BCUT2D eigenvalue weighted by molar-refractivity contribution is 7.80. The Balaban J connectivity index is 1.59. The third kappa shape index (κ3) is 4.34. The average Bonchev–Trinajstić information content (AvgIpc) is 2.56. The van der Waals surface area contributed by atoms with E-state index in [4.69, 9.17) is 15.3 Å². The molecule has 0 aromatic carbocycles. The van der Waals surface area contributed by atoms with E-state index in [2.05, 4.69) is 18.1 Å². The second-order valence-corrected chi connectivity index (χ2v) is 8.77. The molecule has 4 aliphatic rings. The lowest BCUT2D eigenvalue weighted by Gasteiger charge is -2.56. The molecule has 0 aliphatic heterocycles. The van der Waals surface area contributed by atoms with Crippen LogP contribution < -0.4 is 11.2 Å². The van der Waals surface area contributed by atoms with Crippen LogP contribution in [0.15, 0.2) is 0 Å². The maximum atomic E-state index is 12.4. The van der Waals surface area contributed by atoms with Gasteiger partial charge in [0.15, 0.2) is 0 Å². The third-order valence-corrected chi connectivity index (χ3v) is 6.54. The zero-order valence-corrected chi connectivity index (χ0v) is 16.0. The summed E-state index contributed by atoms with van der Waals surface area (Å²) in [5, 5.41) is 0. The van der Waals surface area contributed by atoms with Gasteiger partial charge in [-0.05, 0) is 56.3 Å². The molecule has 146 valence electrons. The second kappa shape index (κ2) is 7.76. The van der Waals surface area contributed by atoms with Crippen molar-refractivity contribution in [1.82, 2.24) is 5.48 Å². The molecule has 0 radical (unpaired) electrons. The monoisotopic (exact) mass is 384 g/mol. The number of nitrogens with two attached hydrogens (primary N) is 1. The van der Waals surface area contributed by atoms with Crippen molar-refractivity contribution < 1.29 is 24.0 Å². The summed E-state index contributed by atoms with van der Waals surface area (Å²) in [5.41, 5.74) is 8.00. The topological polar surface area (TPSA) is 108 Å². The minimum atomic E-state index is -1.33. The van der Waals surface area contributed by atoms with Crippen LogP contribution in [0.1, 0.15) is 51.9 Å². The van der Waals surface area contributed by atoms with Crippen molar-refractivity contribution >= 4 is 30.5 Å². The van der Waals surface area contributed by atoms with Gasteiger partial charge in [0.05, 0.1) is 17.9 Å². The first kappa shape index (κ1) is 19.5. The van der Waals surface area contributed by atoms with E-state index in [1.165, 1.54) is 19.3 Å². The smallest absolute Gasteiger partial charge is 0.366 e. The molecule has 0 spiro atoms. The van der Waals surface area contributed by atoms with E-state index in [1.54, 1.807) is 6.92 Å². The van der Waals surface area contributed by atoms with Gasteiger partial charge in [0.2, 0.25) is 12.0 Å². The Bertz CT molecular complexity index is 547. The molecule has 2 atom stereocenters.